The number of nitrogens with zero attached hydrogens (tertiary/aromatic N) is 7. The SMILES string of the molecule is CON=C(C(=O)NC1C(=O)N2C(C(=O)[O-])=C(CSc3nnnn3C)CS[C@@H]12)c1csc(N)n1.[Na+]. The molecule has 1 saturated heterocycles. The number of hydrogen-bond acceptors (Lipinski definition) is 14. The number of amides is 2. The zero-order valence-electron chi connectivity index (χ0n) is 18.1. The molecule has 2 amide bonds. The Bertz CT molecular complexity index is 1180. The van der Waals surface area contributed by atoms with Crippen LogP contribution in [0.25, 0.3) is 0 Å². The van der Waals surface area contributed by atoms with Gasteiger partial charge in [-0.3, -0.25) is 14.5 Å². The van der Waals surface area contributed by atoms with Crippen LogP contribution >= 0.6 is 34.9 Å². The maximum Gasteiger partial charge on any atom is 1.00 e. The van der Waals surface area contributed by atoms with Crippen molar-refractivity contribution in [3.05, 3.63) is 22.3 Å². The molecule has 1 fully saturated rings. The number of aryl methyl sites for hydroxylation is 1. The Kier molecular flexibility index (Phi) is 8.58. The van der Waals surface area contributed by atoms with E-state index >= 15 is 0 Å². The Morgan fingerprint density at radius 2 is 2.24 bits per heavy atom. The molecule has 14 nitrogen and oxygen atoms in total. The van der Waals surface area contributed by atoms with Gasteiger partial charge in [0.1, 0.15) is 24.2 Å². The van der Waals surface area contributed by atoms with Crippen molar-refractivity contribution in [2.75, 3.05) is 24.3 Å². The summed E-state index contributed by atoms with van der Waals surface area (Å²) in [5.74, 6) is -2.16. The number of β-lactam (4-membered cyclic amide) rings is 1. The van der Waals surface area contributed by atoms with Crippen LogP contribution in [0, 0.1) is 0 Å². The molecule has 4 heterocycles. The molecular weight excluding hydrogens is 517 g/mol. The van der Waals surface area contributed by atoms with Crippen molar-refractivity contribution in [2.45, 2.75) is 16.6 Å². The van der Waals surface area contributed by atoms with Gasteiger partial charge in [-0.1, -0.05) is 16.9 Å². The molecule has 2 atom stereocenters. The molecule has 0 radical (unpaired) electrons. The summed E-state index contributed by atoms with van der Waals surface area (Å²) in [7, 11) is 2.93. The number of nitrogens with one attached hydrogen (secondary N) is 1. The predicted molar refractivity (Wildman–Crippen MR) is 117 cm³/mol. The standard InChI is InChI=1S/C16H17N9O5S3.Na/c1-24-16(20-22-23-24)33-4-6-3-31-13-9(12(27)25(13)10(6)14(28)29)19-11(26)8(21-30-2)7-5-32-15(17)18-7;/h5,9,13H,3-4H2,1-2H3,(H2,17,18)(H,19,26)(H,28,29);/q;+1/p-1/t9?,13-;/m0./s1. The van der Waals surface area contributed by atoms with Gasteiger partial charge in [-0.15, -0.1) is 28.2 Å². The molecule has 18 heteroatoms. The third-order valence-electron chi connectivity index (χ3n) is 4.65. The summed E-state index contributed by atoms with van der Waals surface area (Å²) in [6.07, 6.45) is 0. The van der Waals surface area contributed by atoms with Crippen molar-refractivity contribution < 1.29 is 53.9 Å². The monoisotopic (exact) mass is 533 g/mol. The van der Waals surface area contributed by atoms with Crippen LogP contribution in [-0.4, -0.2) is 83.6 Å². The van der Waals surface area contributed by atoms with Gasteiger partial charge >= 0.3 is 29.6 Å². The van der Waals surface area contributed by atoms with E-state index in [2.05, 4.69) is 31.0 Å². The third-order valence-corrected chi connectivity index (χ3v) is 7.76. The van der Waals surface area contributed by atoms with Crippen molar-refractivity contribution in [1.82, 2.24) is 35.4 Å². The average Bonchev–Trinajstić information content (AvgIpc) is 3.40. The number of carboxylic acid groups (broad SMARTS) is 1. The van der Waals surface area contributed by atoms with E-state index < -0.39 is 29.2 Å². The Morgan fingerprint density at radius 3 is 2.82 bits per heavy atom. The minimum absolute atomic E-state index is 0. The first-order valence-corrected chi connectivity index (χ1v) is 12.1. The number of anilines is 1. The molecule has 2 aliphatic heterocycles. The molecule has 3 N–H and O–H groups in total. The first kappa shape index (κ1) is 26.4. The third kappa shape index (κ3) is 5.08. The Labute approximate surface area is 227 Å². The van der Waals surface area contributed by atoms with Crippen molar-refractivity contribution in [2.24, 2.45) is 12.2 Å². The van der Waals surface area contributed by atoms with Gasteiger partial charge in [0.15, 0.2) is 10.8 Å². The Morgan fingerprint density at radius 1 is 1.47 bits per heavy atom. The van der Waals surface area contributed by atoms with Crippen molar-refractivity contribution in [3.8, 4) is 0 Å². The van der Waals surface area contributed by atoms with Gasteiger partial charge in [0.05, 0.1) is 11.7 Å². The second-order valence-electron chi connectivity index (χ2n) is 6.67. The van der Waals surface area contributed by atoms with Crippen LogP contribution in [0.3, 0.4) is 0 Å². The van der Waals surface area contributed by atoms with Crippen molar-refractivity contribution >= 4 is 63.5 Å². The first-order valence-electron chi connectivity index (χ1n) is 9.18. The smallest absolute Gasteiger partial charge is 0.543 e. The topological polar surface area (TPSA) is 194 Å². The summed E-state index contributed by atoms with van der Waals surface area (Å²) in [4.78, 5) is 47.3. The van der Waals surface area contributed by atoms with Crippen LogP contribution in [-0.2, 0) is 26.3 Å². The Balaban J connectivity index is 0.00000324. The van der Waals surface area contributed by atoms with E-state index in [-0.39, 0.29) is 57.5 Å². The van der Waals surface area contributed by atoms with E-state index in [4.69, 9.17) is 10.6 Å². The van der Waals surface area contributed by atoms with Crippen molar-refractivity contribution in [1.29, 1.82) is 0 Å². The summed E-state index contributed by atoms with van der Waals surface area (Å²) in [5.41, 5.74) is 5.97. The summed E-state index contributed by atoms with van der Waals surface area (Å²) in [6.45, 7) is 0. The molecule has 4 rings (SSSR count). The second kappa shape index (κ2) is 11.0. The molecule has 0 aromatic carbocycles. The van der Waals surface area contributed by atoms with Gasteiger partial charge in [-0.05, 0) is 16.0 Å². The van der Waals surface area contributed by atoms with Crippen LogP contribution in [0.15, 0.2) is 27.0 Å². The van der Waals surface area contributed by atoms with E-state index in [1.807, 2.05) is 0 Å². The molecule has 34 heavy (non-hydrogen) atoms. The summed E-state index contributed by atoms with van der Waals surface area (Å²) in [5, 5.41) is 30.9. The number of carbonyl (C=O) groups excluding carboxylic acids is 3. The molecule has 0 bridgehead atoms. The van der Waals surface area contributed by atoms with E-state index in [0.717, 1.165) is 16.2 Å². The van der Waals surface area contributed by atoms with Crippen LogP contribution in [0.1, 0.15) is 5.69 Å². The average molecular weight is 534 g/mol. The van der Waals surface area contributed by atoms with Gasteiger partial charge in [-0.2, -0.15) is 0 Å². The Hall–Kier alpha value is -2.18. The van der Waals surface area contributed by atoms with Crippen LogP contribution in [0.4, 0.5) is 5.13 Å². The minimum atomic E-state index is -1.47. The summed E-state index contributed by atoms with van der Waals surface area (Å²) >= 11 is 3.69. The van der Waals surface area contributed by atoms with E-state index in [1.54, 1.807) is 7.05 Å². The molecule has 2 aliphatic rings. The van der Waals surface area contributed by atoms with E-state index in [0.29, 0.717) is 16.5 Å². The number of oxime groups is 1. The van der Waals surface area contributed by atoms with E-state index in [9.17, 15) is 19.5 Å². The number of rotatable bonds is 8. The van der Waals surface area contributed by atoms with Crippen LogP contribution in [0.5, 0.6) is 0 Å². The number of aliphatic carboxylic acids is 1. The quantitative estimate of drug-likeness (QED) is 0.108. The van der Waals surface area contributed by atoms with E-state index in [1.165, 1.54) is 40.7 Å². The number of thiazole rings is 1. The molecule has 2 aromatic heterocycles. The minimum Gasteiger partial charge on any atom is -0.543 e. The van der Waals surface area contributed by atoms with Gasteiger partial charge in [0.25, 0.3) is 11.8 Å². The first-order chi connectivity index (χ1) is 15.8. The van der Waals surface area contributed by atoms with Gasteiger partial charge in [0, 0.05) is 23.9 Å². The fourth-order valence-corrected chi connectivity index (χ4v) is 6.06. The van der Waals surface area contributed by atoms with Gasteiger partial charge < -0.3 is 25.8 Å². The zero-order valence-corrected chi connectivity index (χ0v) is 22.6. The zero-order chi connectivity index (χ0) is 23.7. The maximum atomic E-state index is 12.8. The number of carbonyl (C=O) groups is 3. The molecule has 174 valence electrons. The molecule has 0 spiro atoms. The molecule has 2 aromatic rings. The normalized spacial score (nSPS) is 19.8. The summed E-state index contributed by atoms with van der Waals surface area (Å²) in [6, 6.07) is -0.952. The number of fused-ring (bicyclic) bond motifs is 1. The van der Waals surface area contributed by atoms with Crippen LogP contribution < -0.4 is 45.7 Å². The van der Waals surface area contributed by atoms with Crippen molar-refractivity contribution in [3.63, 3.8) is 0 Å². The summed E-state index contributed by atoms with van der Waals surface area (Å²) < 4.78 is 1.46. The molecular formula is C16H16N9NaO5S3. The number of thioether (sulfide) groups is 2. The molecule has 0 saturated carbocycles. The number of carboxylic acids is 1. The fourth-order valence-electron chi connectivity index (χ4n) is 3.18. The molecule has 0 aliphatic carbocycles. The largest absolute Gasteiger partial charge is 1.00 e. The predicted octanol–water partition coefficient (Wildman–Crippen LogP) is -5.20. The van der Waals surface area contributed by atoms with Crippen LogP contribution in [0.2, 0.25) is 0 Å². The number of nitrogen functional groups attached to an aromatic ring is 1. The number of aromatic nitrogens is 5. The number of nitrogens with two attached hydrogens (primary N) is 1. The van der Waals surface area contributed by atoms with Gasteiger partial charge in [-0.25, -0.2) is 9.67 Å². The number of hydrogen-bond donors (Lipinski definition) is 2. The number of tetrazole rings is 1. The maximum absolute atomic E-state index is 12.8. The van der Waals surface area contributed by atoms with Gasteiger partial charge in [0.2, 0.25) is 5.16 Å². The second-order valence-corrected chi connectivity index (χ2v) is 9.60. The fraction of sp³-hybridized carbons (Fsp3) is 0.375. The molecule has 1 unspecified atom stereocenters.